The van der Waals surface area contributed by atoms with E-state index in [-0.39, 0.29) is 42.9 Å². The van der Waals surface area contributed by atoms with Gasteiger partial charge in [-0.25, -0.2) is 19.2 Å². The number of hydrogen-bond donors (Lipinski definition) is 2. The van der Waals surface area contributed by atoms with Gasteiger partial charge in [0.1, 0.15) is 34.7 Å². The molecule has 0 saturated heterocycles. The molecular formula is C48H62N4O11. The smallest absolute Gasteiger partial charge is 0.437 e. The van der Waals surface area contributed by atoms with Gasteiger partial charge in [-0.05, 0) is 173 Å². The van der Waals surface area contributed by atoms with E-state index in [1.807, 2.05) is 12.1 Å². The maximum atomic E-state index is 14.1. The van der Waals surface area contributed by atoms with Crippen molar-refractivity contribution in [1.29, 1.82) is 0 Å². The number of benzene rings is 3. The first-order valence-electron chi connectivity index (χ1n) is 21.0. The minimum Gasteiger partial charge on any atom is -0.459 e. The average molecular weight is 871 g/mol. The van der Waals surface area contributed by atoms with Crippen molar-refractivity contribution in [2.45, 2.75) is 144 Å². The standard InChI is InChI=1S/C48H62N4O11/c1-45(2,3)60-39(54)29-52(28-30-15-13-18-34(25-30)41(56)61-46(4,5)6)38(53)27-33-17-14-16-32-26-36(23-24-37(32)33)59-40(55)31-19-21-35(22-20-31)49-42(50-43(57)62-47(7,8)9)51-44(58)63-48(10,11)12/h13,15,18-26,33H,14,16-17,27-29H2,1-12H3,(H2,49,50,51,57,58). The zero-order valence-electron chi connectivity index (χ0n) is 38.6. The lowest BCUT2D eigenvalue weighted by Gasteiger charge is -2.29. The normalized spacial score (nSPS) is 14.3. The summed E-state index contributed by atoms with van der Waals surface area (Å²) in [6.45, 7) is 20.6. The van der Waals surface area contributed by atoms with Crippen molar-refractivity contribution >= 4 is 47.6 Å². The molecule has 1 unspecified atom stereocenters. The van der Waals surface area contributed by atoms with Crippen LogP contribution in [0.3, 0.4) is 0 Å². The van der Waals surface area contributed by atoms with E-state index in [1.54, 1.807) is 126 Å². The van der Waals surface area contributed by atoms with Gasteiger partial charge in [0.05, 0.1) is 11.1 Å². The number of ether oxygens (including phenoxy) is 5. The van der Waals surface area contributed by atoms with Crippen LogP contribution in [0.5, 0.6) is 5.75 Å². The van der Waals surface area contributed by atoms with Gasteiger partial charge in [0.25, 0.3) is 0 Å². The zero-order chi connectivity index (χ0) is 46.9. The summed E-state index contributed by atoms with van der Waals surface area (Å²) >= 11 is 0. The quantitative estimate of drug-likeness (QED) is 0.0647. The SMILES string of the molecule is CC(C)(C)OC(=O)CN(Cc1cccc(C(=O)OC(C)(C)C)c1)C(=O)CC1CCCc2cc(OC(=O)c3ccc(NC(=NC(=O)OC(C)(C)C)NC(=O)OC(C)(C)C)cc3)ccc21. The van der Waals surface area contributed by atoms with Crippen LogP contribution in [-0.4, -0.2) is 75.8 Å². The predicted molar refractivity (Wildman–Crippen MR) is 238 cm³/mol. The highest BCUT2D eigenvalue weighted by molar-refractivity contribution is 6.06. The van der Waals surface area contributed by atoms with Crippen LogP contribution >= 0.6 is 0 Å². The van der Waals surface area contributed by atoms with E-state index >= 15 is 0 Å². The summed E-state index contributed by atoms with van der Waals surface area (Å²) in [5, 5.41) is 5.27. The number of amides is 3. The van der Waals surface area contributed by atoms with Crippen molar-refractivity contribution in [3.05, 3.63) is 94.5 Å². The summed E-state index contributed by atoms with van der Waals surface area (Å²) in [5.41, 5.74) is 0.441. The molecule has 3 amide bonds. The van der Waals surface area contributed by atoms with Crippen molar-refractivity contribution in [2.75, 3.05) is 11.9 Å². The van der Waals surface area contributed by atoms with Crippen molar-refractivity contribution < 1.29 is 52.5 Å². The first-order valence-corrected chi connectivity index (χ1v) is 21.0. The Labute approximate surface area is 370 Å². The lowest BCUT2D eigenvalue weighted by atomic mass is 9.80. The molecule has 1 aliphatic rings. The maximum Gasteiger partial charge on any atom is 0.437 e. The molecule has 1 atom stereocenters. The van der Waals surface area contributed by atoms with Gasteiger partial charge in [0, 0.05) is 18.7 Å². The molecular weight excluding hydrogens is 809 g/mol. The van der Waals surface area contributed by atoms with E-state index in [2.05, 4.69) is 15.6 Å². The first kappa shape index (κ1) is 49.4. The molecule has 0 spiro atoms. The summed E-state index contributed by atoms with van der Waals surface area (Å²) < 4.78 is 27.4. The lowest BCUT2D eigenvalue weighted by molar-refractivity contribution is -0.159. The van der Waals surface area contributed by atoms with Crippen LogP contribution in [-0.2, 0) is 41.5 Å². The van der Waals surface area contributed by atoms with E-state index in [4.69, 9.17) is 23.7 Å². The highest BCUT2D eigenvalue weighted by Crippen LogP contribution is 2.37. The Morgan fingerprint density at radius 1 is 0.698 bits per heavy atom. The third-order valence-electron chi connectivity index (χ3n) is 8.81. The first-order chi connectivity index (χ1) is 29.1. The number of nitrogens with zero attached hydrogens (tertiary/aromatic N) is 2. The van der Waals surface area contributed by atoms with E-state index < -0.39 is 52.5 Å². The van der Waals surface area contributed by atoms with E-state index in [1.165, 1.54) is 17.0 Å². The number of hydrogen-bond acceptors (Lipinski definition) is 11. The average Bonchev–Trinajstić information content (AvgIpc) is 3.12. The van der Waals surface area contributed by atoms with Crippen LogP contribution in [0.4, 0.5) is 15.3 Å². The second-order valence-corrected chi connectivity index (χ2v) is 19.4. The van der Waals surface area contributed by atoms with Gasteiger partial charge in [-0.2, -0.15) is 0 Å². The molecule has 1 aliphatic carbocycles. The number of rotatable bonds is 10. The highest BCUT2D eigenvalue weighted by atomic mass is 16.6. The second-order valence-electron chi connectivity index (χ2n) is 19.4. The number of carbonyl (C=O) groups is 6. The minimum atomic E-state index is -0.941. The van der Waals surface area contributed by atoms with Crippen LogP contribution < -0.4 is 15.4 Å². The predicted octanol–water partition coefficient (Wildman–Crippen LogP) is 9.27. The summed E-state index contributed by atoms with van der Waals surface area (Å²) in [7, 11) is 0. The Kier molecular flexibility index (Phi) is 15.9. The Hall–Kier alpha value is -6.25. The molecule has 0 aromatic heterocycles. The minimum absolute atomic E-state index is 0.0734. The molecule has 3 aromatic carbocycles. The number of aryl methyl sites for hydroxylation is 1. The summed E-state index contributed by atoms with van der Waals surface area (Å²) in [6, 6.07) is 18.3. The van der Waals surface area contributed by atoms with Crippen molar-refractivity contribution in [3.8, 4) is 5.75 Å². The molecule has 3 aromatic rings. The van der Waals surface area contributed by atoms with Gasteiger partial charge in [-0.15, -0.1) is 4.99 Å². The monoisotopic (exact) mass is 870 g/mol. The molecule has 0 heterocycles. The molecule has 0 aliphatic heterocycles. The summed E-state index contributed by atoms with van der Waals surface area (Å²) in [6.07, 6.45) is 0.588. The molecule has 2 N–H and O–H groups in total. The van der Waals surface area contributed by atoms with Crippen molar-refractivity contribution in [3.63, 3.8) is 0 Å². The van der Waals surface area contributed by atoms with Crippen LogP contribution in [0.2, 0.25) is 0 Å². The van der Waals surface area contributed by atoms with E-state index in [9.17, 15) is 28.8 Å². The molecule has 4 rings (SSSR count). The Balaban J connectivity index is 1.47. The molecule has 340 valence electrons. The number of esters is 3. The number of guanidine groups is 1. The van der Waals surface area contributed by atoms with E-state index in [0.717, 1.165) is 30.4 Å². The molecule has 0 radical (unpaired) electrons. The van der Waals surface area contributed by atoms with Crippen molar-refractivity contribution in [1.82, 2.24) is 10.2 Å². The van der Waals surface area contributed by atoms with Crippen LogP contribution in [0, 0.1) is 0 Å². The Morgan fingerprint density at radius 2 is 1.33 bits per heavy atom. The maximum absolute atomic E-state index is 14.1. The number of fused-ring (bicyclic) bond motifs is 1. The van der Waals surface area contributed by atoms with Gasteiger partial charge in [-0.1, -0.05) is 18.2 Å². The summed E-state index contributed by atoms with van der Waals surface area (Å²) in [5.74, 6) is -1.98. The van der Waals surface area contributed by atoms with Crippen LogP contribution in [0.1, 0.15) is 146 Å². The number of carbonyl (C=O) groups excluding carboxylic acids is 6. The lowest BCUT2D eigenvalue weighted by Crippen LogP contribution is -2.40. The molecule has 15 heteroatoms. The number of anilines is 1. The van der Waals surface area contributed by atoms with Crippen LogP contribution in [0.25, 0.3) is 0 Å². The zero-order valence-corrected chi connectivity index (χ0v) is 38.6. The topological polar surface area (TPSA) is 188 Å². The van der Waals surface area contributed by atoms with Crippen LogP contribution in [0.15, 0.2) is 71.7 Å². The summed E-state index contributed by atoms with van der Waals surface area (Å²) in [4.78, 5) is 83.5. The van der Waals surface area contributed by atoms with E-state index in [0.29, 0.717) is 22.6 Å². The molecule has 63 heavy (non-hydrogen) atoms. The molecule has 0 saturated carbocycles. The Bertz CT molecular complexity index is 2190. The van der Waals surface area contributed by atoms with Crippen molar-refractivity contribution in [2.24, 2.45) is 4.99 Å². The number of alkyl carbamates (subject to hydrolysis) is 1. The largest absolute Gasteiger partial charge is 0.459 e. The third kappa shape index (κ3) is 17.2. The third-order valence-corrected chi connectivity index (χ3v) is 8.81. The fraction of sp³-hybridized carbons (Fsp3) is 0.479. The number of nitrogens with one attached hydrogen (secondary N) is 2. The number of aliphatic imine (C=N–C) groups is 1. The molecule has 0 fully saturated rings. The molecule has 15 nitrogen and oxygen atoms in total. The van der Waals surface area contributed by atoms with Gasteiger partial charge in [0.2, 0.25) is 11.9 Å². The fourth-order valence-electron chi connectivity index (χ4n) is 6.48. The van der Waals surface area contributed by atoms with Gasteiger partial charge in [-0.3, -0.25) is 14.9 Å². The Morgan fingerprint density at radius 3 is 1.95 bits per heavy atom. The van der Waals surface area contributed by atoms with Gasteiger partial charge >= 0.3 is 30.1 Å². The highest BCUT2D eigenvalue weighted by Gasteiger charge is 2.29. The fourth-order valence-corrected chi connectivity index (χ4v) is 6.48. The second kappa shape index (κ2) is 20.3. The van der Waals surface area contributed by atoms with Gasteiger partial charge in [0.15, 0.2) is 0 Å². The van der Waals surface area contributed by atoms with Gasteiger partial charge < -0.3 is 33.9 Å². The molecule has 0 bridgehead atoms.